The number of nitrogens with one attached hydrogen (secondary N) is 1. The van der Waals surface area contributed by atoms with Crippen LogP contribution in [0.5, 0.6) is 17.2 Å². The summed E-state index contributed by atoms with van der Waals surface area (Å²) in [5.41, 5.74) is 2.97. The zero-order valence-corrected chi connectivity index (χ0v) is 25.6. The number of nitrogens with zero attached hydrogens (tertiary/aromatic N) is 2. The van der Waals surface area contributed by atoms with Crippen molar-refractivity contribution in [3.63, 3.8) is 0 Å². The lowest BCUT2D eigenvalue weighted by Gasteiger charge is -2.25. The van der Waals surface area contributed by atoms with Crippen LogP contribution in [0.4, 0.5) is 5.69 Å². The Hall–Kier alpha value is -5.41. The number of allylic oxidation sites excluding steroid dienone is 1. The number of para-hydroxylation sites is 4. The first-order chi connectivity index (χ1) is 22.0. The van der Waals surface area contributed by atoms with Crippen LogP contribution in [0.25, 0.3) is 6.08 Å². The Morgan fingerprint density at radius 3 is 2.16 bits per heavy atom. The summed E-state index contributed by atoms with van der Waals surface area (Å²) in [7, 11) is 1.60. The molecule has 0 fully saturated rings. The van der Waals surface area contributed by atoms with E-state index in [0.29, 0.717) is 50.1 Å². The monoisotopic (exact) mass is 617 g/mol. The maximum atomic E-state index is 14.1. The van der Waals surface area contributed by atoms with Crippen molar-refractivity contribution in [3.05, 3.63) is 151 Å². The van der Waals surface area contributed by atoms with Crippen molar-refractivity contribution in [1.29, 1.82) is 0 Å². The van der Waals surface area contributed by atoms with Crippen molar-refractivity contribution >= 4 is 29.0 Å². The number of hydrogen-bond donors (Lipinski definition) is 1. The van der Waals surface area contributed by atoms with Crippen molar-refractivity contribution in [2.75, 3.05) is 25.6 Å². The largest absolute Gasteiger partial charge is 0.493 e. The Balaban J connectivity index is 1.31. The standard InChI is InChI=1S/C36H31N3O5S/c1-24-32(34(40)38-27-16-7-4-8-17-27)33(25-13-5-3-6-14-25)39-35(41)31(45-36(39)37-24)23-26-15-9-10-18-28(26)43-21-22-44-30-20-12-11-19-29(30)42-2/h3-20,23,33H,21-22H2,1-2H3,(H,38,40). The molecule has 1 amide bonds. The van der Waals surface area contributed by atoms with Crippen molar-refractivity contribution < 1.29 is 19.0 Å². The molecule has 1 unspecified atom stereocenters. The van der Waals surface area contributed by atoms with Crippen molar-refractivity contribution in [2.24, 2.45) is 4.99 Å². The molecule has 226 valence electrons. The Bertz CT molecular complexity index is 2030. The summed E-state index contributed by atoms with van der Waals surface area (Å²) in [6.07, 6.45) is 1.81. The van der Waals surface area contributed by atoms with Crippen LogP contribution in [0.15, 0.2) is 130 Å². The number of methoxy groups -OCH3 is 1. The fourth-order valence-electron chi connectivity index (χ4n) is 5.20. The van der Waals surface area contributed by atoms with Gasteiger partial charge in [-0.2, -0.15) is 0 Å². The second kappa shape index (κ2) is 13.5. The molecule has 5 aromatic rings. The lowest BCUT2D eigenvalue weighted by molar-refractivity contribution is -0.113. The first kappa shape index (κ1) is 29.7. The van der Waals surface area contributed by atoms with E-state index in [2.05, 4.69) is 5.32 Å². The average Bonchev–Trinajstić information content (AvgIpc) is 3.37. The number of carbonyl (C=O) groups is 1. The molecule has 1 aliphatic rings. The molecule has 1 atom stereocenters. The van der Waals surface area contributed by atoms with Gasteiger partial charge in [-0.05, 0) is 48.9 Å². The van der Waals surface area contributed by atoms with Gasteiger partial charge in [0.1, 0.15) is 19.0 Å². The quantitative estimate of drug-likeness (QED) is 0.214. The second-order valence-electron chi connectivity index (χ2n) is 10.2. The molecule has 2 heterocycles. The topological polar surface area (TPSA) is 91.2 Å². The number of benzene rings is 4. The first-order valence-electron chi connectivity index (χ1n) is 14.4. The van der Waals surface area contributed by atoms with Crippen LogP contribution in [-0.4, -0.2) is 30.8 Å². The van der Waals surface area contributed by atoms with Gasteiger partial charge in [0, 0.05) is 11.3 Å². The molecule has 0 bridgehead atoms. The van der Waals surface area contributed by atoms with Crippen LogP contribution >= 0.6 is 11.3 Å². The third-order valence-corrected chi connectivity index (χ3v) is 8.27. The van der Waals surface area contributed by atoms with Crippen LogP contribution in [0.1, 0.15) is 24.1 Å². The summed E-state index contributed by atoms with van der Waals surface area (Å²) >= 11 is 1.28. The second-order valence-corrected chi connectivity index (χ2v) is 11.2. The van der Waals surface area contributed by atoms with Crippen LogP contribution in [-0.2, 0) is 4.79 Å². The maximum absolute atomic E-state index is 14.1. The van der Waals surface area contributed by atoms with E-state index in [9.17, 15) is 9.59 Å². The Morgan fingerprint density at radius 1 is 0.844 bits per heavy atom. The fourth-order valence-corrected chi connectivity index (χ4v) is 6.23. The Morgan fingerprint density at radius 2 is 1.44 bits per heavy atom. The van der Waals surface area contributed by atoms with Gasteiger partial charge in [0.05, 0.1) is 29.0 Å². The molecule has 1 aliphatic heterocycles. The summed E-state index contributed by atoms with van der Waals surface area (Å²) in [6.45, 7) is 2.40. The minimum absolute atomic E-state index is 0.237. The first-order valence-corrected chi connectivity index (χ1v) is 15.3. The molecule has 0 spiro atoms. The number of fused-ring (bicyclic) bond motifs is 1. The third-order valence-electron chi connectivity index (χ3n) is 7.29. The number of aromatic nitrogens is 1. The Labute approximate surface area is 264 Å². The summed E-state index contributed by atoms with van der Waals surface area (Å²) in [5.74, 6) is 1.60. The number of amides is 1. The number of thiazole rings is 1. The zero-order chi connectivity index (χ0) is 31.2. The highest BCUT2D eigenvalue weighted by Gasteiger charge is 2.32. The molecule has 8 nitrogen and oxygen atoms in total. The summed E-state index contributed by atoms with van der Waals surface area (Å²) in [4.78, 5) is 33.0. The van der Waals surface area contributed by atoms with Crippen molar-refractivity contribution in [1.82, 2.24) is 4.57 Å². The molecule has 0 saturated carbocycles. The highest BCUT2D eigenvalue weighted by Crippen LogP contribution is 2.31. The van der Waals surface area contributed by atoms with Gasteiger partial charge in [-0.25, -0.2) is 4.99 Å². The van der Waals surface area contributed by atoms with Gasteiger partial charge in [0.2, 0.25) is 0 Å². The Kier molecular flexibility index (Phi) is 8.89. The minimum Gasteiger partial charge on any atom is -0.493 e. The van der Waals surface area contributed by atoms with Gasteiger partial charge in [-0.3, -0.25) is 14.2 Å². The number of carbonyl (C=O) groups excluding carboxylic acids is 1. The molecule has 45 heavy (non-hydrogen) atoms. The van der Waals surface area contributed by atoms with Crippen LogP contribution in [0.3, 0.4) is 0 Å². The average molecular weight is 618 g/mol. The molecular formula is C36H31N3O5S. The zero-order valence-electron chi connectivity index (χ0n) is 24.8. The molecule has 0 radical (unpaired) electrons. The smallest absolute Gasteiger partial charge is 0.271 e. The SMILES string of the molecule is COc1ccccc1OCCOc1ccccc1C=c1sc2n(c1=O)C(c1ccccc1)C(C(=O)Nc1ccccc1)=C(C)N=2. The molecule has 1 aromatic heterocycles. The molecule has 0 saturated heterocycles. The number of anilines is 1. The normalized spacial score (nSPS) is 14.4. The van der Waals surface area contributed by atoms with Gasteiger partial charge in [0.25, 0.3) is 11.5 Å². The minimum atomic E-state index is -0.646. The molecular weight excluding hydrogens is 586 g/mol. The van der Waals surface area contributed by atoms with E-state index in [-0.39, 0.29) is 18.1 Å². The van der Waals surface area contributed by atoms with E-state index in [1.54, 1.807) is 11.7 Å². The van der Waals surface area contributed by atoms with Crippen LogP contribution < -0.4 is 34.4 Å². The highest BCUT2D eigenvalue weighted by atomic mass is 32.1. The van der Waals surface area contributed by atoms with E-state index in [1.807, 2.05) is 122 Å². The van der Waals surface area contributed by atoms with Crippen LogP contribution in [0.2, 0.25) is 0 Å². The molecule has 9 heteroatoms. The van der Waals surface area contributed by atoms with E-state index in [4.69, 9.17) is 19.2 Å². The highest BCUT2D eigenvalue weighted by molar-refractivity contribution is 7.07. The van der Waals surface area contributed by atoms with Gasteiger partial charge in [-0.15, -0.1) is 0 Å². The maximum Gasteiger partial charge on any atom is 0.271 e. The number of rotatable bonds is 10. The summed E-state index contributed by atoms with van der Waals surface area (Å²) < 4.78 is 19.4. The van der Waals surface area contributed by atoms with Crippen molar-refractivity contribution in [2.45, 2.75) is 13.0 Å². The van der Waals surface area contributed by atoms with E-state index >= 15 is 0 Å². The number of hydrogen-bond acceptors (Lipinski definition) is 7. The predicted octanol–water partition coefficient (Wildman–Crippen LogP) is 5.34. The van der Waals surface area contributed by atoms with Gasteiger partial charge in [0.15, 0.2) is 16.3 Å². The molecule has 1 N–H and O–H groups in total. The van der Waals surface area contributed by atoms with Gasteiger partial charge in [-0.1, -0.05) is 90.2 Å². The third kappa shape index (κ3) is 6.44. The van der Waals surface area contributed by atoms with Crippen LogP contribution in [0, 0.1) is 0 Å². The molecule has 6 rings (SSSR count). The van der Waals surface area contributed by atoms with Crippen molar-refractivity contribution in [3.8, 4) is 17.2 Å². The van der Waals surface area contributed by atoms with E-state index in [1.165, 1.54) is 11.3 Å². The lowest BCUT2D eigenvalue weighted by Crippen LogP contribution is -2.40. The summed E-state index contributed by atoms with van der Waals surface area (Å²) in [6, 6.07) is 33.1. The fraction of sp³-hybridized carbons (Fsp3) is 0.139. The molecule has 4 aromatic carbocycles. The number of ether oxygens (including phenoxy) is 3. The van der Waals surface area contributed by atoms with Gasteiger partial charge < -0.3 is 19.5 Å². The lowest BCUT2D eigenvalue weighted by atomic mass is 9.95. The van der Waals surface area contributed by atoms with E-state index in [0.717, 1.165) is 11.1 Å². The van der Waals surface area contributed by atoms with Gasteiger partial charge >= 0.3 is 0 Å². The summed E-state index contributed by atoms with van der Waals surface area (Å²) in [5, 5.41) is 2.98. The molecule has 0 aliphatic carbocycles. The predicted molar refractivity (Wildman–Crippen MR) is 176 cm³/mol. The van der Waals surface area contributed by atoms with E-state index < -0.39 is 6.04 Å².